The third kappa shape index (κ3) is 1.76. The maximum Gasteiger partial charge on any atom is 0.168 e. The van der Waals surface area contributed by atoms with E-state index in [1.165, 1.54) is 0 Å². The first-order valence-corrected chi connectivity index (χ1v) is 4.26. The second kappa shape index (κ2) is 3.78. The molecule has 3 heteroatoms. The van der Waals surface area contributed by atoms with Gasteiger partial charge in [-0.15, -0.1) is 0 Å². The van der Waals surface area contributed by atoms with Crippen LogP contribution in [-0.4, -0.2) is 19.0 Å². The second-order valence-corrected chi connectivity index (χ2v) is 3.39. The lowest BCUT2D eigenvalue weighted by Crippen LogP contribution is -2.12. The number of halogens is 2. The van der Waals surface area contributed by atoms with E-state index in [1.54, 1.807) is 32.0 Å². The Morgan fingerprint density at radius 3 is 2.36 bits per heavy atom. The van der Waals surface area contributed by atoms with Crippen LogP contribution in [0.25, 0.3) is 5.70 Å². The number of rotatable bonds is 2. The van der Waals surface area contributed by atoms with E-state index in [0.29, 0.717) is 11.3 Å². The SMILES string of the molecule is C=C(c1c(C)ccc(F)c1F)N(C)C. The second-order valence-electron chi connectivity index (χ2n) is 3.39. The van der Waals surface area contributed by atoms with Gasteiger partial charge in [-0.1, -0.05) is 12.6 Å². The van der Waals surface area contributed by atoms with Crippen molar-refractivity contribution in [3.63, 3.8) is 0 Å². The Hall–Kier alpha value is -1.38. The van der Waals surface area contributed by atoms with Crippen molar-refractivity contribution in [1.29, 1.82) is 0 Å². The molecule has 1 rings (SSSR count). The van der Waals surface area contributed by atoms with Gasteiger partial charge in [-0.05, 0) is 18.6 Å². The molecule has 0 aromatic heterocycles. The molecule has 0 saturated heterocycles. The third-order valence-electron chi connectivity index (χ3n) is 2.13. The summed E-state index contributed by atoms with van der Waals surface area (Å²) in [4.78, 5) is 1.66. The van der Waals surface area contributed by atoms with Crippen LogP contribution >= 0.6 is 0 Å². The minimum Gasteiger partial charge on any atom is -0.378 e. The first-order chi connectivity index (χ1) is 6.45. The monoisotopic (exact) mass is 197 g/mol. The van der Waals surface area contributed by atoms with Gasteiger partial charge in [-0.3, -0.25) is 0 Å². The highest BCUT2D eigenvalue weighted by Crippen LogP contribution is 2.24. The van der Waals surface area contributed by atoms with Crippen LogP contribution in [0.5, 0.6) is 0 Å². The molecule has 1 nitrogen and oxygen atoms in total. The number of nitrogens with zero attached hydrogens (tertiary/aromatic N) is 1. The summed E-state index contributed by atoms with van der Waals surface area (Å²) in [5.41, 5.74) is 1.40. The van der Waals surface area contributed by atoms with Gasteiger partial charge in [-0.2, -0.15) is 0 Å². The minimum atomic E-state index is -0.839. The summed E-state index contributed by atoms with van der Waals surface area (Å²) in [7, 11) is 3.48. The molecule has 1 aromatic carbocycles. The van der Waals surface area contributed by atoms with Gasteiger partial charge >= 0.3 is 0 Å². The van der Waals surface area contributed by atoms with E-state index in [4.69, 9.17) is 0 Å². The van der Waals surface area contributed by atoms with E-state index in [9.17, 15) is 8.78 Å². The van der Waals surface area contributed by atoms with Crippen molar-refractivity contribution < 1.29 is 8.78 Å². The highest BCUT2D eigenvalue weighted by molar-refractivity contribution is 5.65. The third-order valence-corrected chi connectivity index (χ3v) is 2.13. The molecule has 0 aliphatic heterocycles. The summed E-state index contributed by atoms with van der Waals surface area (Å²) in [6.07, 6.45) is 0. The molecule has 0 radical (unpaired) electrons. The fourth-order valence-electron chi connectivity index (χ4n) is 1.23. The standard InChI is InChI=1S/C11H13F2N/c1-7-5-6-9(12)11(13)10(7)8(2)14(3)4/h5-6H,2H2,1,3-4H3. The van der Waals surface area contributed by atoms with E-state index in [0.717, 1.165) is 6.07 Å². The summed E-state index contributed by atoms with van der Waals surface area (Å²) in [5.74, 6) is -1.67. The smallest absolute Gasteiger partial charge is 0.168 e. The first-order valence-electron chi connectivity index (χ1n) is 4.26. The van der Waals surface area contributed by atoms with Crippen molar-refractivity contribution >= 4 is 5.70 Å². The zero-order valence-electron chi connectivity index (χ0n) is 8.56. The van der Waals surface area contributed by atoms with Gasteiger partial charge in [0.15, 0.2) is 11.6 Å². The lowest BCUT2D eigenvalue weighted by molar-refractivity contribution is 0.498. The Bertz CT molecular complexity index is 370. The van der Waals surface area contributed by atoms with E-state index in [1.807, 2.05) is 0 Å². The van der Waals surface area contributed by atoms with Crippen molar-refractivity contribution in [3.8, 4) is 0 Å². The lowest BCUT2D eigenvalue weighted by Gasteiger charge is -2.18. The summed E-state index contributed by atoms with van der Waals surface area (Å²) in [6.45, 7) is 5.44. The van der Waals surface area contributed by atoms with Crippen molar-refractivity contribution in [2.75, 3.05) is 14.1 Å². The molecule has 0 aliphatic rings. The Morgan fingerprint density at radius 1 is 1.29 bits per heavy atom. The minimum absolute atomic E-state index is 0.245. The van der Waals surface area contributed by atoms with Crippen molar-refractivity contribution in [1.82, 2.24) is 4.90 Å². The molecule has 0 unspecified atom stereocenters. The number of benzene rings is 1. The molecular weight excluding hydrogens is 184 g/mol. The molecule has 0 heterocycles. The van der Waals surface area contributed by atoms with E-state index in [-0.39, 0.29) is 5.56 Å². The van der Waals surface area contributed by atoms with Crippen LogP contribution in [0, 0.1) is 18.6 Å². The Morgan fingerprint density at radius 2 is 1.86 bits per heavy atom. The molecule has 1 aromatic rings. The average molecular weight is 197 g/mol. The molecule has 0 fully saturated rings. The maximum absolute atomic E-state index is 13.4. The Balaban J connectivity index is 3.33. The van der Waals surface area contributed by atoms with Crippen LogP contribution in [-0.2, 0) is 0 Å². The molecule has 0 spiro atoms. The summed E-state index contributed by atoms with van der Waals surface area (Å²) in [6, 6.07) is 2.67. The molecule has 76 valence electrons. The van der Waals surface area contributed by atoms with Crippen LogP contribution in [0.3, 0.4) is 0 Å². The van der Waals surface area contributed by atoms with Crippen molar-refractivity contribution in [2.24, 2.45) is 0 Å². The lowest BCUT2D eigenvalue weighted by atomic mass is 10.0. The van der Waals surface area contributed by atoms with Gasteiger partial charge in [0, 0.05) is 25.4 Å². The predicted molar refractivity (Wildman–Crippen MR) is 53.8 cm³/mol. The normalized spacial score (nSPS) is 10.1. The largest absolute Gasteiger partial charge is 0.378 e. The number of hydrogen-bond acceptors (Lipinski definition) is 1. The molecule has 0 atom stereocenters. The summed E-state index contributed by atoms with van der Waals surface area (Å²) >= 11 is 0. The van der Waals surface area contributed by atoms with Crippen LogP contribution in [0.15, 0.2) is 18.7 Å². The quantitative estimate of drug-likeness (QED) is 0.704. The predicted octanol–water partition coefficient (Wildman–Crippen LogP) is 2.81. The fraction of sp³-hybridized carbons (Fsp3) is 0.273. The molecule has 0 saturated carbocycles. The topological polar surface area (TPSA) is 3.24 Å². The van der Waals surface area contributed by atoms with Crippen molar-refractivity contribution in [2.45, 2.75) is 6.92 Å². The molecule has 0 amide bonds. The fourth-order valence-corrected chi connectivity index (χ4v) is 1.23. The van der Waals surface area contributed by atoms with Gasteiger partial charge in [0.1, 0.15) is 0 Å². The zero-order valence-corrected chi connectivity index (χ0v) is 8.56. The highest BCUT2D eigenvalue weighted by Gasteiger charge is 2.14. The van der Waals surface area contributed by atoms with Gasteiger partial charge in [0.05, 0.1) is 0 Å². The molecule has 0 N–H and O–H groups in total. The van der Waals surface area contributed by atoms with E-state index >= 15 is 0 Å². The van der Waals surface area contributed by atoms with Gasteiger partial charge in [-0.25, -0.2) is 8.78 Å². The highest BCUT2D eigenvalue weighted by atomic mass is 19.2. The van der Waals surface area contributed by atoms with Gasteiger partial charge in [0.2, 0.25) is 0 Å². The van der Waals surface area contributed by atoms with E-state index in [2.05, 4.69) is 6.58 Å². The first kappa shape index (κ1) is 10.7. The molecular formula is C11H13F2N. The average Bonchev–Trinajstić information content (AvgIpc) is 2.12. The number of aryl methyl sites for hydroxylation is 1. The van der Waals surface area contributed by atoms with Gasteiger partial charge in [0.25, 0.3) is 0 Å². The van der Waals surface area contributed by atoms with E-state index < -0.39 is 11.6 Å². The molecule has 14 heavy (non-hydrogen) atoms. The van der Waals surface area contributed by atoms with Crippen LogP contribution in [0.4, 0.5) is 8.78 Å². The zero-order chi connectivity index (χ0) is 10.9. The molecule has 0 bridgehead atoms. The van der Waals surface area contributed by atoms with Crippen LogP contribution in [0.2, 0.25) is 0 Å². The van der Waals surface area contributed by atoms with Crippen molar-refractivity contribution in [3.05, 3.63) is 41.5 Å². The molecule has 0 aliphatic carbocycles. The van der Waals surface area contributed by atoms with Gasteiger partial charge < -0.3 is 4.90 Å². The summed E-state index contributed by atoms with van der Waals surface area (Å²) < 4.78 is 26.4. The van der Waals surface area contributed by atoms with Crippen LogP contribution in [0.1, 0.15) is 11.1 Å². The van der Waals surface area contributed by atoms with Crippen LogP contribution < -0.4 is 0 Å². The Labute approximate surface area is 82.7 Å². The maximum atomic E-state index is 13.4. The number of hydrogen-bond donors (Lipinski definition) is 0. The Kier molecular flexibility index (Phi) is 2.89. The summed E-state index contributed by atoms with van der Waals surface area (Å²) in [5, 5.41) is 0.